The molecule has 2 aliphatic rings. The van der Waals surface area contributed by atoms with Crippen LogP contribution >= 0.6 is 11.6 Å². The molecule has 1 aromatic carbocycles. The number of anilines is 1. The number of pyridine rings is 2. The topological polar surface area (TPSA) is 82.6 Å². The summed E-state index contributed by atoms with van der Waals surface area (Å²) in [6.07, 6.45) is -1.00. The lowest BCUT2D eigenvalue weighted by molar-refractivity contribution is -0.286. The summed E-state index contributed by atoms with van der Waals surface area (Å²) in [6.45, 7) is 0. The van der Waals surface area contributed by atoms with Crippen LogP contribution in [0.25, 0.3) is 11.3 Å². The Morgan fingerprint density at radius 1 is 1.12 bits per heavy atom. The summed E-state index contributed by atoms with van der Waals surface area (Å²) in [5, 5.41) is 3.21. The van der Waals surface area contributed by atoms with E-state index in [2.05, 4.69) is 24.8 Å². The molecule has 1 aliphatic carbocycles. The highest BCUT2D eigenvalue weighted by atomic mass is 35.5. The third-order valence-corrected chi connectivity index (χ3v) is 5.75. The lowest BCUT2D eigenvalue weighted by Crippen LogP contribution is -2.28. The maximum atomic E-state index is 13.3. The van der Waals surface area contributed by atoms with Gasteiger partial charge in [0.25, 0.3) is 0 Å². The first-order valence-electron chi connectivity index (χ1n) is 9.68. The van der Waals surface area contributed by atoms with Gasteiger partial charge in [0.1, 0.15) is 5.82 Å². The van der Waals surface area contributed by atoms with Crippen LogP contribution in [0.5, 0.6) is 17.4 Å². The van der Waals surface area contributed by atoms with E-state index in [1.807, 2.05) is 0 Å². The van der Waals surface area contributed by atoms with Gasteiger partial charge in [-0.3, -0.25) is 4.79 Å². The number of methoxy groups -OCH3 is 1. The van der Waals surface area contributed by atoms with Crippen LogP contribution in [-0.2, 0) is 10.2 Å². The molecule has 2 aromatic heterocycles. The monoisotopic (exact) mass is 459 g/mol. The van der Waals surface area contributed by atoms with Gasteiger partial charge in [-0.2, -0.15) is 0 Å². The third-order valence-electron chi connectivity index (χ3n) is 5.45. The molecule has 0 unspecified atom stereocenters. The highest BCUT2D eigenvalue weighted by molar-refractivity contribution is 6.33. The maximum absolute atomic E-state index is 13.3. The molecule has 5 rings (SSSR count). The Bertz CT molecular complexity index is 1220. The molecule has 32 heavy (non-hydrogen) atoms. The molecular weight excluding hydrogens is 444 g/mol. The van der Waals surface area contributed by atoms with Crippen LogP contribution in [-0.4, -0.2) is 29.3 Å². The van der Waals surface area contributed by atoms with Crippen molar-refractivity contribution in [2.75, 3.05) is 12.4 Å². The number of halogens is 3. The van der Waals surface area contributed by atoms with E-state index in [-0.39, 0.29) is 17.4 Å². The Hall–Kier alpha value is -3.46. The fourth-order valence-corrected chi connectivity index (χ4v) is 3.82. The minimum absolute atomic E-state index is 0.0629. The summed E-state index contributed by atoms with van der Waals surface area (Å²) in [5.41, 5.74) is 0.836. The summed E-state index contributed by atoms with van der Waals surface area (Å²) < 4.78 is 40.7. The molecule has 164 valence electrons. The number of benzene rings is 1. The van der Waals surface area contributed by atoms with Gasteiger partial charge in [0.05, 0.1) is 23.2 Å². The van der Waals surface area contributed by atoms with Crippen molar-refractivity contribution >= 4 is 23.3 Å². The largest absolute Gasteiger partial charge is 0.586 e. The molecule has 1 N–H and O–H groups in total. The van der Waals surface area contributed by atoms with Gasteiger partial charge in [-0.1, -0.05) is 17.7 Å². The van der Waals surface area contributed by atoms with Crippen LogP contribution in [0.4, 0.5) is 14.6 Å². The quantitative estimate of drug-likeness (QED) is 0.590. The second kappa shape index (κ2) is 7.30. The van der Waals surface area contributed by atoms with Crippen molar-refractivity contribution in [2.24, 2.45) is 0 Å². The van der Waals surface area contributed by atoms with Crippen molar-refractivity contribution in [3.8, 4) is 28.6 Å². The molecule has 1 fully saturated rings. The van der Waals surface area contributed by atoms with Crippen molar-refractivity contribution < 1.29 is 27.8 Å². The SMILES string of the molecule is COc1ccc(-c2nc(NC(=O)C3(c4ccc5c(c4)OC(F)(F)O5)CC3)ccc2Cl)cn1. The van der Waals surface area contributed by atoms with Gasteiger partial charge in [0.2, 0.25) is 11.8 Å². The number of hydrogen-bond donors (Lipinski definition) is 1. The number of rotatable bonds is 5. The van der Waals surface area contributed by atoms with Crippen LogP contribution in [0, 0.1) is 0 Å². The molecule has 0 atom stereocenters. The first-order chi connectivity index (χ1) is 15.3. The van der Waals surface area contributed by atoms with E-state index in [1.54, 1.807) is 36.5 Å². The highest BCUT2D eigenvalue weighted by Gasteiger charge is 2.53. The van der Waals surface area contributed by atoms with Crippen LogP contribution in [0.3, 0.4) is 0 Å². The van der Waals surface area contributed by atoms with Crippen molar-refractivity contribution in [1.29, 1.82) is 0 Å². The second-order valence-corrected chi connectivity index (χ2v) is 7.89. The number of nitrogens with one attached hydrogen (secondary N) is 1. The van der Waals surface area contributed by atoms with E-state index in [4.69, 9.17) is 16.3 Å². The molecule has 7 nitrogen and oxygen atoms in total. The van der Waals surface area contributed by atoms with Crippen molar-refractivity contribution in [3.63, 3.8) is 0 Å². The van der Waals surface area contributed by atoms with E-state index < -0.39 is 11.7 Å². The van der Waals surface area contributed by atoms with Crippen LogP contribution in [0.15, 0.2) is 48.7 Å². The van der Waals surface area contributed by atoms with Gasteiger partial charge in [0, 0.05) is 17.8 Å². The fraction of sp³-hybridized carbons (Fsp3) is 0.227. The number of fused-ring (bicyclic) bond motifs is 1. The number of carbonyl (C=O) groups is 1. The normalized spacial score (nSPS) is 17.0. The van der Waals surface area contributed by atoms with Gasteiger partial charge in [-0.05, 0) is 48.7 Å². The van der Waals surface area contributed by atoms with Gasteiger partial charge >= 0.3 is 6.29 Å². The Morgan fingerprint density at radius 3 is 2.59 bits per heavy atom. The van der Waals surface area contributed by atoms with Crippen molar-refractivity contribution in [1.82, 2.24) is 9.97 Å². The molecule has 3 heterocycles. The minimum Gasteiger partial charge on any atom is -0.481 e. The zero-order chi connectivity index (χ0) is 22.5. The summed E-state index contributed by atoms with van der Waals surface area (Å²) in [4.78, 5) is 21.7. The Morgan fingerprint density at radius 2 is 1.91 bits per heavy atom. The number of carbonyl (C=O) groups excluding carboxylic acids is 1. The molecule has 0 spiro atoms. The highest BCUT2D eigenvalue weighted by Crippen LogP contribution is 2.52. The summed E-state index contributed by atoms with van der Waals surface area (Å²) in [6, 6.07) is 11.1. The first-order valence-corrected chi connectivity index (χ1v) is 10.1. The predicted molar refractivity (Wildman–Crippen MR) is 111 cm³/mol. The summed E-state index contributed by atoms with van der Waals surface area (Å²) >= 11 is 6.30. The fourth-order valence-electron chi connectivity index (χ4n) is 3.61. The zero-order valence-electron chi connectivity index (χ0n) is 16.7. The molecule has 0 radical (unpaired) electrons. The smallest absolute Gasteiger partial charge is 0.481 e. The summed E-state index contributed by atoms with van der Waals surface area (Å²) in [7, 11) is 1.52. The lowest BCUT2D eigenvalue weighted by atomic mass is 9.94. The van der Waals surface area contributed by atoms with Gasteiger partial charge < -0.3 is 19.5 Å². The third kappa shape index (κ3) is 3.58. The molecule has 0 bridgehead atoms. The Kier molecular flexibility index (Phi) is 4.67. The first kappa shape index (κ1) is 20.4. The lowest BCUT2D eigenvalue weighted by Gasteiger charge is -2.16. The molecule has 1 amide bonds. The van der Waals surface area contributed by atoms with Gasteiger partial charge in [-0.25, -0.2) is 9.97 Å². The average molecular weight is 460 g/mol. The zero-order valence-corrected chi connectivity index (χ0v) is 17.5. The number of ether oxygens (including phenoxy) is 3. The van der Waals surface area contributed by atoms with E-state index in [0.29, 0.717) is 46.4 Å². The average Bonchev–Trinajstić information content (AvgIpc) is 3.52. The number of aromatic nitrogens is 2. The molecule has 0 saturated heterocycles. The molecule has 1 saturated carbocycles. The van der Waals surface area contributed by atoms with E-state index in [0.717, 1.165) is 0 Å². The van der Waals surface area contributed by atoms with Crippen molar-refractivity contribution in [2.45, 2.75) is 24.6 Å². The number of hydrogen-bond acceptors (Lipinski definition) is 6. The van der Waals surface area contributed by atoms with Crippen molar-refractivity contribution in [3.05, 3.63) is 59.2 Å². The second-order valence-electron chi connectivity index (χ2n) is 7.48. The number of amides is 1. The standard InChI is InChI=1S/C22H16ClF2N3O4/c1-30-18-7-2-12(11-26-18)19-14(23)4-6-17(27-19)28-20(29)21(8-9-21)13-3-5-15-16(10-13)32-22(24,25)31-15/h2-7,10-11H,8-9H2,1H3,(H,27,28,29). The van der Waals surface area contributed by atoms with Crippen LogP contribution < -0.4 is 19.5 Å². The molecule has 10 heteroatoms. The van der Waals surface area contributed by atoms with E-state index in [1.165, 1.54) is 19.2 Å². The Balaban J connectivity index is 1.38. The Labute approximate surface area is 186 Å². The number of nitrogens with zero attached hydrogens (tertiary/aromatic N) is 2. The van der Waals surface area contributed by atoms with Crippen LogP contribution in [0.1, 0.15) is 18.4 Å². The van der Waals surface area contributed by atoms with E-state index >= 15 is 0 Å². The molecular formula is C22H16ClF2N3O4. The molecule has 1 aliphatic heterocycles. The molecule has 3 aromatic rings. The predicted octanol–water partition coefficient (Wildman–Crippen LogP) is 4.80. The van der Waals surface area contributed by atoms with Gasteiger partial charge in [0.15, 0.2) is 11.5 Å². The minimum atomic E-state index is -3.71. The van der Waals surface area contributed by atoms with Gasteiger partial charge in [-0.15, -0.1) is 8.78 Å². The summed E-state index contributed by atoms with van der Waals surface area (Å²) in [5.74, 6) is 0.310. The van der Waals surface area contributed by atoms with E-state index in [9.17, 15) is 13.6 Å². The maximum Gasteiger partial charge on any atom is 0.586 e. The van der Waals surface area contributed by atoms with Crippen LogP contribution in [0.2, 0.25) is 5.02 Å². The number of alkyl halides is 2.